The number of aliphatic hydroxyl groups is 1. The third-order valence-corrected chi connectivity index (χ3v) is 4.99. The number of nitrogens with one attached hydrogen (secondary N) is 1. The molecule has 6 nitrogen and oxygen atoms in total. The van der Waals surface area contributed by atoms with E-state index in [0.717, 1.165) is 56.4 Å². The number of rotatable bonds is 7. The lowest BCUT2D eigenvalue weighted by molar-refractivity contribution is -0.114. The highest BCUT2D eigenvalue weighted by molar-refractivity contribution is 5.88. The van der Waals surface area contributed by atoms with Gasteiger partial charge in [-0.15, -0.1) is 0 Å². The van der Waals surface area contributed by atoms with Crippen molar-refractivity contribution in [3.8, 4) is 0 Å². The van der Waals surface area contributed by atoms with Gasteiger partial charge in [0, 0.05) is 51.4 Å². The summed E-state index contributed by atoms with van der Waals surface area (Å²) in [7, 11) is 0. The summed E-state index contributed by atoms with van der Waals surface area (Å²) >= 11 is 0. The van der Waals surface area contributed by atoms with E-state index >= 15 is 0 Å². The fourth-order valence-electron chi connectivity index (χ4n) is 3.66. The van der Waals surface area contributed by atoms with Gasteiger partial charge < -0.3 is 14.8 Å². The first kappa shape index (κ1) is 19.6. The standard InChI is InChI=1S/C21H29N3O3/c1-16-3-8-21(27-16)15-24-11-10-23(14-20(24)9-12-25)13-18-4-6-19(7-5-18)22-17(2)26/h3-8,20,25H,9-15H2,1-2H3,(H,22,26). The van der Waals surface area contributed by atoms with Gasteiger partial charge in [-0.2, -0.15) is 0 Å². The first-order valence-corrected chi connectivity index (χ1v) is 9.52. The molecule has 0 aliphatic carbocycles. The molecule has 0 spiro atoms. The van der Waals surface area contributed by atoms with Crippen LogP contribution in [0, 0.1) is 6.92 Å². The summed E-state index contributed by atoms with van der Waals surface area (Å²) in [5.41, 5.74) is 2.05. The van der Waals surface area contributed by atoms with E-state index in [2.05, 4.69) is 27.2 Å². The average molecular weight is 371 g/mol. The first-order chi connectivity index (χ1) is 13.0. The summed E-state index contributed by atoms with van der Waals surface area (Å²) in [4.78, 5) is 16.0. The zero-order valence-corrected chi connectivity index (χ0v) is 16.1. The van der Waals surface area contributed by atoms with E-state index in [1.807, 2.05) is 31.2 Å². The van der Waals surface area contributed by atoms with Crippen LogP contribution in [0.15, 0.2) is 40.8 Å². The van der Waals surface area contributed by atoms with Crippen molar-refractivity contribution in [2.75, 3.05) is 31.6 Å². The van der Waals surface area contributed by atoms with Crippen molar-refractivity contribution in [1.82, 2.24) is 9.80 Å². The number of piperazine rings is 1. The minimum Gasteiger partial charge on any atom is -0.465 e. The first-order valence-electron chi connectivity index (χ1n) is 9.52. The number of hydrogen-bond acceptors (Lipinski definition) is 5. The van der Waals surface area contributed by atoms with Gasteiger partial charge in [-0.3, -0.25) is 14.6 Å². The molecule has 6 heteroatoms. The smallest absolute Gasteiger partial charge is 0.221 e. The van der Waals surface area contributed by atoms with Gasteiger partial charge in [-0.25, -0.2) is 0 Å². The lowest BCUT2D eigenvalue weighted by Gasteiger charge is -2.41. The van der Waals surface area contributed by atoms with E-state index in [-0.39, 0.29) is 12.5 Å². The maximum atomic E-state index is 11.1. The molecule has 2 N–H and O–H groups in total. The maximum absolute atomic E-state index is 11.1. The molecule has 1 aromatic heterocycles. The monoisotopic (exact) mass is 371 g/mol. The normalized spacial score (nSPS) is 18.6. The molecule has 1 aliphatic heterocycles. The number of carbonyl (C=O) groups is 1. The van der Waals surface area contributed by atoms with Gasteiger partial charge in [0.1, 0.15) is 11.5 Å². The summed E-state index contributed by atoms with van der Waals surface area (Å²) in [5.74, 6) is 1.86. The number of benzene rings is 1. The van der Waals surface area contributed by atoms with Gasteiger partial charge in [0.25, 0.3) is 0 Å². The van der Waals surface area contributed by atoms with Crippen LogP contribution in [0.5, 0.6) is 0 Å². The number of amides is 1. The van der Waals surface area contributed by atoms with Crippen LogP contribution in [0.1, 0.15) is 30.4 Å². The number of hydrogen-bond donors (Lipinski definition) is 2. The Labute approximate surface area is 160 Å². The van der Waals surface area contributed by atoms with Gasteiger partial charge in [-0.1, -0.05) is 12.1 Å². The summed E-state index contributed by atoms with van der Waals surface area (Å²) in [5, 5.41) is 12.3. The van der Waals surface area contributed by atoms with Gasteiger partial charge in [-0.05, 0) is 43.2 Å². The zero-order valence-electron chi connectivity index (χ0n) is 16.1. The van der Waals surface area contributed by atoms with Crippen LogP contribution in [-0.4, -0.2) is 53.1 Å². The van der Waals surface area contributed by atoms with Crippen molar-refractivity contribution in [1.29, 1.82) is 0 Å². The third-order valence-electron chi connectivity index (χ3n) is 4.99. The summed E-state index contributed by atoms with van der Waals surface area (Å²) < 4.78 is 5.73. The lowest BCUT2D eigenvalue weighted by Crippen LogP contribution is -2.52. The van der Waals surface area contributed by atoms with Crippen molar-refractivity contribution < 1.29 is 14.3 Å². The van der Waals surface area contributed by atoms with Crippen LogP contribution < -0.4 is 5.32 Å². The van der Waals surface area contributed by atoms with Gasteiger partial charge in [0.15, 0.2) is 0 Å². The molecule has 2 heterocycles. The van der Waals surface area contributed by atoms with Crippen molar-refractivity contribution in [2.45, 2.75) is 39.4 Å². The second-order valence-electron chi connectivity index (χ2n) is 7.26. The highest BCUT2D eigenvalue weighted by Gasteiger charge is 2.27. The number of anilines is 1. The zero-order chi connectivity index (χ0) is 19.2. The molecule has 2 aromatic rings. The van der Waals surface area contributed by atoms with Crippen molar-refractivity contribution in [3.05, 3.63) is 53.5 Å². The van der Waals surface area contributed by atoms with E-state index in [9.17, 15) is 9.90 Å². The van der Waals surface area contributed by atoms with Crippen LogP contribution in [0.4, 0.5) is 5.69 Å². The highest BCUT2D eigenvalue weighted by Crippen LogP contribution is 2.20. The minimum atomic E-state index is -0.0579. The Bertz CT molecular complexity index is 741. The third kappa shape index (κ3) is 5.66. The van der Waals surface area contributed by atoms with E-state index in [4.69, 9.17) is 4.42 Å². The van der Waals surface area contributed by atoms with Crippen LogP contribution in [0.3, 0.4) is 0 Å². The molecule has 27 heavy (non-hydrogen) atoms. The largest absolute Gasteiger partial charge is 0.465 e. The summed E-state index contributed by atoms with van der Waals surface area (Å²) in [6.07, 6.45) is 0.762. The maximum Gasteiger partial charge on any atom is 0.221 e. The number of aryl methyl sites for hydroxylation is 1. The highest BCUT2D eigenvalue weighted by atomic mass is 16.3. The van der Waals surface area contributed by atoms with Crippen molar-refractivity contribution >= 4 is 11.6 Å². The molecule has 1 atom stereocenters. The predicted octanol–water partition coefficient (Wildman–Crippen LogP) is 2.62. The number of carbonyl (C=O) groups excluding carboxylic acids is 1. The van der Waals surface area contributed by atoms with E-state index in [1.165, 1.54) is 12.5 Å². The molecular weight excluding hydrogens is 342 g/mol. The molecule has 146 valence electrons. The molecule has 1 aromatic carbocycles. The minimum absolute atomic E-state index is 0.0579. The van der Waals surface area contributed by atoms with Crippen molar-refractivity contribution in [3.63, 3.8) is 0 Å². The molecule has 0 radical (unpaired) electrons. The fraction of sp³-hybridized carbons (Fsp3) is 0.476. The predicted molar refractivity (Wildman–Crippen MR) is 105 cm³/mol. The Balaban J connectivity index is 1.57. The molecule has 1 fully saturated rings. The van der Waals surface area contributed by atoms with Gasteiger partial charge in [0.05, 0.1) is 6.54 Å². The molecule has 1 unspecified atom stereocenters. The Hall–Kier alpha value is -2.15. The number of furan rings is 1. The second kappa shape index (κ2) is 9.17. The molecule has 0 bridgehead atoms. The Morgan fingerprint density at radius 3 is 2.59 bits per heavy atom. The van der Waals surface area contributed by atoms with Crippen LogP contribution in [0.2, 0.25) is 0 Å². The number of nitrogens with zero attached hydrogens (tertiary/aromatic N) is 2. The SMILES string of the molecule is CC(=O)Nc1ccc(CN2CCN(Cc3ccc(C)o3)C(CCO)C2)cc1. The van der Waals surface area contributed by atoms with E-state index in [1.54, 1.807) is 0 Å². The Morgan fingerprint density at radius 1 is 1.19 bits per heavy atom. The van der Waals surface area contributed by atoms with E-state index in [0.29, 0.717) is 6.04 Å². The lowest BCUT2D eigenvalue weighted by atomic mass is 10.1. The van der Waals surface area contributed by atoms with Crippen molar-refractivity contribution in [2.24, 2.45) is 0 Å². The average Bonchev–Trinajstić information content (AvgIpc) is 3.04. The quantitative estimate of drug-likeness (QED) is 0.783. The molecule has 3 rings (SSSR count). The second-order valence-corrected chi connectivity index (χ2v) is 7.26. The van der Waals surface area contributed by atoms with Crippen LogP contribution in [0.25, 0.3) is 0 Å². The molecule has 1 amide bonds. The Morgan fingerprint density at radius 2 is 1.96 bits per heavy atom. The Kier molecular flexibility index (Phi) is 6.66. The van der Waals surface area contributed by atoms with Gasteiger partial charge in [0.2, 0.25) is 5.91 Å². The topological polar surface area (TPSA) is 69.0 Å². The summed E-state index contributed by atoms with van der Waals surface area (Å²) in [6.45, 7) is 8.19. The van der Waals surface area contributed by atoms with E-state index < -0.39 is 0 Å². The fourth-order valence-corrected chi connectivity index (χ4v) is 3.66. The van der Waals surface area contributed by atoms with Gasteiger partial charge >= 0.3 is 0 Å². The molecule has 0 saturated carbocycles. The van der Waals surface area contributed by atoms with Crippen LogP contribution in [-0.2, 0) is 17.9 Å². The summed E-state index contributed by atoms with van der Waals surface area (Å²) in [6, 6.07) is 12.3. The molecule has 1 aliphatic rings. The molecular formula is C21H29N3O3. The molecule has 1 saturated heterocycles. The van der Waals surface area contributed by atoms with Crippen LogP contribution >= 0.6 is 0 Å². The number of aliphatic hydroxyl groups excluding tert-OH is 1.